The zero-order valence-corrected chi connectivity index (χ0v) is 13.1. The molecule has 5 nitrogen and oxygen atoms in total. The quantitative estimate of drug-likeness (QED) is 0.895. The van der Waals surface area contributed by atoms with E-state index in [1.54, 1.807) is 0 Å². The Morgan fingerprint density at radius 1 is 1.40 bits per heavy atom. The molecule has 0 spiro atoms. The summed E-state index contributed by atoms with van der Waals surface area (Å²) in [7, 11) is 4.02. The fourth-order valence-electron chi connectivity index (χ4n) is 2.75. The Morgan fingerprint density at radius 3 is 2.80 bits per heavy atom. The Morgan fingerprint density at radius 2 is 2.20 bits per heavy atom. The topological polar surface area (TPSA) is 50.3 Å². The zero-order valence-electron chi connectivity index (χ0n) is 13.1. The van der Waals surface area contributed by atoms with E-state index >= 15 is 0 Å². The monoisotopic (exact) mass is 278 g/mol. The van der Waals surface area contributed by atoms with Crippen molar-refractivity contribution in [2.45, 2.75) is 33.1 Å². The largest absolute Gasteiger partial charge is 0.381 e. The number of nitrogens with one attached hydrogen (secondary N) is 1. The third-order valence-electron chi connectivity index (χ3n) is 3.87. The molecule has 2 heterocycles. The summed E-state index contributed by atoms with van der Waals surface area (Å²) in [6.45, 7) is 6.94. The van der Waals surface area contributed by atoms with Crippen molar-refractivity contribution in [2.75, 3.05) is 44.1 Å². The lowest BCUT2D eigenvalue weighted by Gasteiger charge is -2.29. The van der Waals surface area contributed by atoms with Gasteiger partial charge in [-0.15, -0.1) is 0 Å². The average Bonchev–Trinajstić information content (AvgIpc) is 2.48. The molecule has 0 amide bonds. The smallest absolute Gasteiger partial charge is 0.137 e. The Hall–Kier alpha value is -1.36. The third kappa shape index (κ3) is 3.39. The van der Waals surface area contributed by atoms with Crippen molar-refractivity contribution in [1.82, 2.24) is 9.97 Å². The first kappa shape index (κ1) is 15.0. The van der Waals surface area contributed by atoms with Crippen LogP contribution in [-0.2, 0) is 11.2 Å². The normalized spacial score (nSPS) is 18.9. The van der Waals surface area contributed by atoms with Crippen LogP contribution in [0.5, 0.6) is 0 Å². The molecule has 0 bridgehead atoms. The van der Waals surface area contributed by atoms with Gasteiger partial charge >= 0.3 is 0 Å². The van der Waals surface area contributed by atoms with Crippen LogP contribution in [0.4, 0.5) is 11.6 Å². The summed E-state index contributed by atoms with van der Waals surface area (Å²) in [4.78, 5) is 11.5. The number of hydrogen-bond acceptors (Lipinski definition) is 5. The van der Waals surface area contributed by atoms with Crippen LogP contribution in [-0.4, -0.2) is 43.8 Å². The Kier molecular flexibility index (Phi) is 5.17. The minimum Gasteiger partial charge on any atom is -0.381 e. The molecular formula is C15H26N4O. The fourth-order valence-corrected chi connectivity index (χ4v) is 2.75. The highest BCUT2D eigenvalue weighted by atomic mass is 16.5. The van der Waals surface area contributed by atoms with Gasteiger partial charge in [0.05, 0.1) is 6.61 Å². The fraction of sp³-hybridized carbons (Fsp3) is 0.733. The predicted molar refractivity (Wildman–Crippen MR) is 82.5 cm³/mol. The summed E-state index contributed by atoms with van der Waals surface area (Å²) in [6.07, 6.45) is 3.26. The maximum atomic E-state index is 5.57. The number of hydrogen-bond donors (Lipinski definition) is 1. The van der Waals surface area contributed by atoms with Crippen molar-refractivity contribution in [3.63, 3.8) is 0 Å². The van der Waals surface area contributed by atoms with E-state index in [9.17, 15) is 0 Å². The molecule has 5 heteroatoms. The molecular weight excluding hydrogens is 252 g/mol. The molecule has 0 saturated carbocycles. The molecule has 0 aliphatic carbocycles. The van der Waals surface area contributed by atoms with E-state index in [1.165, 1.54) is 12.8 Å². The number of aryl methyl sites for hydroxylation is 1. The summed E-state index contributed by atoms with van der Waals surface area (Å²) >= 11 is 0. The summed E-state index contributed by atoms with van der Waals surface area (Å²) in [6, 6.07) is 0. The molecule has 2 rings (SSSR count). The third-order valence-corrected chi connectivity index (χ3v) is 3.87. The van der Waals surface area contributed by atoms with Crippen LogP contribution < -0.4 is 10.2 Å². The average molecular weight is 278 g/mol. The molecule has 1 fully saturated rings. The van der Waals surface area contributed by atoms with Crippen molar-refractivity contribution in [3.05, 3.63) is 11.4 Å². The van der Waals surface area contributed by atoms with Crippen molar-refractivity contribution in [2.24, 2.45) is 5.92 Å². The van der Waals surface area contributed by atoms with Gasteiger partial charge in [-0.2, -0.15) is 0 Å². The molecule has 1 aromatic heterocycles. The van der Waals surface area contributed by atoms with Gasteiger partial charge in [0, 0.05) is 39.2 Å². The lowest BCUT2D eigenvalue weighted by atomic mass is 10.0. The minimum atomic E-state index is 0.603. The highest BCUT2D eigenvalue weighted by Gasteiger charge is 2.19. The highest BCUT2D eigenvalue weighted by Crippen LogP contribution is 2.24. The van der Waals surface area contributed by atoms with Crippen LogP contribution in [0.15, 0.2) is 0 Å². The standard InChI is InChI=1S/C15H26N4O/c1-5-13-17-14(16-3)11(2)15(18-13)19(4)9-12-7-6-8-20-10-12/h12H,5-10H2,1-4H3,(H,16,17,18). The summed E-state index contributed by atoms with van der Waals surface area (Å²) in [5.74, 6) is 3.46. The van der Waals surface area contributed by atoms with E-state index < -0.39 is 0 Å². The van der Waals surface area contributed by atoms with Crippen LogP contribution in [0, 0.1) is 12.8 Å². The second-order valence-electron chi connectivity index (χ2n) is 5.50. The number of ether oxygens (including phenoxy) is 1. The second kappa shape index (κ2) is 6.88. The Balaban J connectivity index is 2.16. The predicted octanol–water partition coefficient (Wildman–Crippen LogP) is 2.25. The first-order valence-corrected chi connectivity index (χ1v) is 7.49. The molecule has 1 atom stereocenters. The van der Waals surface area contributed by atoms with Gasteiger partial charge in [-0.25, -0.2) is 9.97 Å². The van der Waals surface area contributed by atoms with Gasteiger partial charge in [-0.05, 0) is 25.7 Å². The van der Waals surface area contributed by atoms with Gasteiger partial charge in [-0.1, -0.05) is 6.92 Å². The van der Waals surface area contributed by atoms with Crippen molar-refractivity contribution < 1.29 is 4.74 Å². The Labute approximate surface area is 121 Å². The van der Waals surface area contributed by atoms with Gasteiger partial charge in [0.15, 0.2) is 0 Å². The van der Waals surface area contributed by atoms with Crippen LogP contribution in [0.3, 0.4) is 0 Å². The Bertz CT molecular complexity index is 444. The second-order valence-corrected chi connectivity index (χ2v) is 5.50. The molecule has 1 aliphatic heterocycles. The van der Waals surface area contributed by atoms with E-state index in [1.807, 2.05) is 7.05 Å². The maximum Gasteiger partial charge on any atom is 0.137 e. The number of aromatic nitrogens is 2. The van der Waals surface area contributed by atoms with E-state index in [4.69, 9.17) is 9.72 Å². The molecule has 1 aliphatic rings. The van der Waals surface area contributed by atoms with E-state index in [0.29, 0.717) is 5.92 Å². The van der Waals surface area contributed by atoms with Crippen molar-refractivity contribution in [1.29, 1.82) is 0 Å². The molecule has 1 N–H and O–H groups in total. The molecule has 0 aromatic carbocycles. The minimum absolute atomic E-state index is 0.603. The van der Waals surface area contributed by atoms with Crippen molar-refractivity contribution in [3.8, 4) is 0 Å². The lowest BCUT2D eigenvalue weighted by Crippen LogP contribution is -2.32. The molecule has 0 radical (unpaired) electrons. The SMILES string of the molecule is CCc1nc(NC)c(C)c(N(C)CC2CCCOC2)n1. The van der Waals surface area contributed by atoms with E-state index in [-0.39, 0.29) is 0 Å². The maximum absolute atomic E-state index is 5.57. The molecule has 1 saturated heterocycles. The summed E-state index contributed by atoms with van der Waals surface area (Å²) < 4.78 is 5.57. The number of nitrogens with zero attached hydrogens (tertiary/aromatic N) is 3. The summed E-state index contributed by atoms with van der Waals surface area (Å²) in [5.41, 5.74) is 1.11. The number of rotatable bonds is 5. The van der Waals surface area contributed by atoms with Crippen molar-refractivity contribution >= 4 is 11.6 Å². The van der Waals surface area contributed by atoms with Gasteiger partial charge < -0.3 is 15.0 Å². The van der Waals surface area contributed by atoms with Gasteiger partial charge in [-0.3, -0.25) is 0 Å². The van der Waals surface area contributed by atoms with E-state index in [0.717, 1.165) is 49.2 Å². The first-order valence-electron chi connectivity index (χ1n) is 7.49. The molecule has 20 heavy (non-hydrogen) atoms. The zero-order chi connectivity index (χ0) is 14.5. The number of anilines is 2. The molecule has 1 unspecified atom stereocenters. The highest BCUT2D eigenvalue weighted by molar-refractivity contribution is 5.58. The molecule has 1 aromatic rings. The van der Waals surface area contributed by atoms with Crippen LogP contribution in [0.2, 0.25) is 0 Å². The van der Waals surface area contributed by atoms with Gasteiger partial charge in [0.1, 0.15) is 17.5 Å². The molecule has 112 valence electrons. The van der Waals surface area contributed by atoms with Gasteiger partial charge in [0.2, 0.25) is 0 Å². The van der Waals surface area contributed by atoms with E-state index in [2.05, 4.69) is 36.1 Å². The first-order chi connectivity index (χ1) is 9.65. The van der Waals surface area contributed by atoms with Crippen LogP contribution in [0.25, 0.3) is 0 Å². The van der Waals surface area contributed by atoms with Crippen LogP contribution in [0.1, 0.15) is 31.2 Å². The lowest BCUT2D eigenvalue weighted by molar-refractivity contribution is 0.0576. The van der Waals surface area contributed by atoms with Crippen LogP contribution >= 0.6 is 0 Å². The summed E-state index contributed by atoms with van der Waals surface area (Å²) in [5, 5.41) is 3.17. The van der Waals surface area contributed by atoms with Gasteiger partial charge in [0.25, 0.3) is 0 Å².